The van der Waals surface area contributed by atoms with Crippen molar-refractivity contribution < 1.29 is 15.0 Å². The first-order valence-electron chi connectivity index (χ1n) is 11.3. The smallest absolute Gasteiger partial charge is 0.220 e. The van der Waals surface area contributed by atoms with Crippen LogP contribution in [0.5, 0.6) is 0 Å². The second-order valence-electron chi connectivity index (χ2n) is 10.2. The van der Waals surface area contributed by atoms with E-state index in [4.69, 9.17) is 4.98 Å². The SMILES string of the molecule is CC(C)NC(=O)C[C@H]1c2nc(-c3ccccc3)sc2C[C@H]2[C@](C)(CO)[C@H](O)CC[C@]21C. The highest BCUT2D eigenvalue weighted by atomic mass is 32.1. The fraction of sp³-hybridized carbons (Fsp3) is 0.600. The zero-order chi connectivity index (χ0) is 22.4. The van der Waals surface area contributed by atoms with Crippen LogP contribution in [0.1, 0.15) is 63.4 Å². The Bertz CT molecular complexity index is 943. The van der Waals surface area contributed by atoms with Gasteiger partial charge in [-0.15, -0.1) is 11.3 Å². The van der Waals surface area contributed by atoms with E-state index >= 15 is 0 Å². The minimum Gasteiger partial charge on any atom is -0.396 e. The van der Waals surface area contributed by atoms with Crippen molar-refractivity contribution in [2.24, 2.45) is 16.7 Å². The minimum absolute atomic E-state index is 0.0351. The molecule has 4 rings (SSSR count). The van der Waals surface area contributed by atoms with E-state index in [0.29, 0.717) is 12.8 Å². The van der Waals surface area contributed by atoms with Gasteiger partial charge in [0.05, 0.1) is 18.4 Å². The van der Waals surface area contributed by atoms with E-state index in [9.17, 15) is 15.0 Å². The molecular weight excluding hydrogens is 408 g/mol. The minimum atomic E-state index is -0.589. The summed E-state index contributed by atoms with van der Waals surface area (Å²) in [6, 6.07) is 10.3. The second-order valence-corrected chi connectivity index (χ2v) is 11.2. The Hall–Kier alpha value is -1.76. The Balaban J connectivity index is 1.80. The van der Waals surface area contributed by atoms with Gasteiger partial charge in [-0.2, -0.15) is 0 Å². The van der Waals surface area contributed by atoms with Gasteiger partial charge >= 0.3 is 0 Å². The second kappa shape index (κ2) is 8.30. The summed E-state index contributed by atoms with van der Waals surface area (Å²) >= 11 is 1.69. The lowest BCUT2D eigenvalue weighted by atomic mass is 9.47. The zero-order valence-corrected chi connectivity index (χ0v) is 19.7. The highest BCUT2D eigenvalue weighted by molar-refractivity contribution is 7.15. The van der Waals surface area contributed by atoms with Crippen LogP contribution in [-0.2, 0) is 11.2 Å². The number of benzene rings is 1. The number of carbonyl (C=O) groups is 1. The van der Waals surface area contributed by atoms with Crippen LogP contribution in [0.15, 0.2) is 30.3 Å². The fourth-order valence-corrected chi connectivity index (χ4v) is 7.09. The number of aliphatic hydroxyl groups is 2. The number of nitrogens with zero attached hydrogens (tertiary/aromatic N) is 1. The van der Waals surface area contributed by atoms with Crippen LogP contribution < -0.4 is 5.32 Å². The molecule has 1 fully saturated rings. The summed E-state index contributed by atoms with van der Waals surface area (Å²) in [6.45, 7) is 8.15. The van der Waals surface area contributed by atoms with Crippen molar-refractivity contribution in [3.8, 4) is 10.6 Å². The molecule has 0 radical (unpaired) electrons. The molecule has 1 aromatic carbocycles. The first kappa shape index (κ1) is 22.4. The molecular formula is C25H34N2O3S. The number of rotatable bonds is 5. The molecule has 6 heteroatoms. The standard InChI is InChI=1S/C25H34N2O3S/c1-15(2)26-21(30)12-17-22-18(31-23(27-22)16-8-6-5-7-9-16)13-19-24(17,3)11-10-20(29)25(19,4)14-28/h5-9,15,17,19-20,28-29H,10-14H2,1-4H3,(H,26,30)/t17-,19+,20+,24-,25-/m0/s1. The number of nitrogens with one attached hydrogen (secondary N) is 1. The number of thiazole rings is 1. The molecule has 31 heavy (non-hydrogen) atoms. The van der Waals surface area contributed by atoms with E-state index in [1.165, 1.54) is 4.88 Å². The lowest BCUT2D eigenvalue weighted by molar-refractivity contribution is -0.144. The molecule has 1 heterocycles. The van der Waals surface area contributed by atoms with E-state index in [-0.39, 0.29) is 35.8 Å². The molecule has 5 nitrogen and oxygen atoms in total. The van der Waals surface area contributed by atoms with E-state index in [2.05, 4.69) is 24.4 Å². The Labute approximate surface area is 188 Å². The summed E-state index contributed by atoms with van der Waals surface area (Å²) in [4.78, 5) is 19.2. The molecule has 1 saturated carbocycles. The lowest BCUT2D eigenvalue weighted by Crippen LogP contribution is -2.57. The van der Waals surface area contributed by atoms with Crippen LogP contribution in [0.3, 0.4) is 0 Å². The van der Waals surface area contributed by atoms with Gasteiger partial charge in [-0.3, -0.25) is 4.79 Å². The van der Waals surface area contributed by atoms with E-state index in [0.717, 1.165) is 29.1 Å². The quantitative estimate of drug-likeness (QED) is 0.650. The monoisotopic (exact) mass is 442 g/mol. The maximum atomic E-state index is 12.9. The van der Waals surface area contributed by atoms with Crippen molar-refractivity contribution in [1.82, 2.24) is 10.3 Å². The number of carbonyl (C=O) groups excluding carboxylic acids is 1. The molecule has 1 aromatic heterocycles. The number of aromatic nitrogens is 1. The molecule has 0 spiro atoms. The predicted octanol–water partition coefficient (Wildman–Crippen LogP) is 4.14. The van der Waals surface area contributed by atoms with Gasteiger partial charge in [0.25, 0.3) is 0 Å². The summed E-state index contributed by atoms with van der Waals surface area (Å²) in [5.41, 5.74) is 1.33. The molecule has 3 N–H and O–H groups in total. The molecule has 0 bridgehead atoms. The van der Waals surface area contributed by atoms with E-state index in [1.807, 2.05) is 39.0 Å². The Morgan fingerprint density at radius 1 is 1.29 bits per heavy atom. The van der Waals surface area contributed by atoms with Crippen molar-refractivity contribution in [1.29, 1.82) is 0 Å². The normalized spacial score (nSPS) is 32.4. The zero-order valence-electron chi connectivity index (χ0n) is 18.9. The average molecular weight is 443 g/mol. The summed E-state index contributed by atoms with van der Waals surface area (Å²) in [5.74, 6) is 0.0909. The third-order valence-corrected chi connectivity index (χ3v) is 8.90. The van der Waals surface area contributed by atoms with Crippen molar-refractivity contribution in [2.45, 2.75) is 71.4 Å². The molecule has 0 unspecified atom stereocenters. The maximum Gasteiger partial charge on any atom is 0.220 e. The van der Waals surface area contributed by atoms with Crippen LogP contribution in [0.4, 0.5) is 0 Å². The molecule has 2 aliphatic rings. The summed E-state index contributed by atoms with van der Waals surface area (Å²) in [5, 5.41) is 25.2. The van der Waals surface area contributed by atoms with Gasteiger partial charge in [-0.25, -0.2) is 4.98 Å². The first-order valence-corrected chi connectivity index (χ1v) is 12.1. The van der Waals surface area contributed by atoms with Crippen molar-refractivity contribution >= 4 is 17.2 Å². The fourth-order valence-electron chi connectivity index (χ4n) is 5.92. The molecule has 1 amide bonds. The van der Waals surface area contributed by atoms with E-state index in [1.54, 1.807) is 11.3 Å². The number of fused-ring (bicyclic) bond motifs is 2. The van der Waals surface area contributed by atoms with Gasteiger partial charge in [0.1, 0.15) is 5.01 Å². The third kappa shape index (κ3) is 3.83. The summed E-state index contributed by atoms with van der Waals surface area (Å²) in [7, 11) is 0. The number of aliphatic hydroxyl groups excluding tert-OH is 2. The lowest BCUT2D eigenvalue weighted by Gasteiger charge is -2.58. The Morgan fingerprint density at radius 3 is 2.65 bits per heavy atom. The van der Waals surface area contributed by atoms with Crippen LogP contribution in [0, 0.1) is 16.7 Å². The van der Waals surface area contributed by atoms with Gasteiger partial charge in [0.15, 0.2) is 0 Å². The van der Waals surface area contributed by atoms with Gasteiger partial charge in [0, 0.05) is 34.2 Å². The topological polar surface area (TPSA) is 82.5 Å². The number of amides is 1. The van der Waals surface area contributed by atoms with Gasteiger partial charge in [-0.1, -0.05) is 44.2 Å². The number of hydrogen-bond acceptors (Lipinski definition) is 5. The Morgan fingerprint density at radius 2 is 2.00 bits per heavy atom. The van der Waals surface area contributed by atoms with Crippen molar-refractivity contribution in [3.63, 3.8) is 0 Å². The highest BCUT2D eigenvalue weighted by Gasteiger charge is 2.59. The van der Waals surface area contributed by atoms with Crippen LogP contribution in [-0.4, -0.2) is 39.9 Å². The predicted molar refractivity (Wildman–Crippen MR) is 124 cm³/mol. The largest absolute Gasteiger partial charge is 0.396 e. The molecule has 2 aliphatic carbocycles. The number of hydrogen-bond donors (Lipinski definition) is 3. The highest BCUT2D eigenvalue weighted by Crippen LogP contribution is 2.62. The van der Waals surface area contributed by atoms with Crippen molar-refractivity contribution in [3.05, 3.63) is 40.9 Å². The summed E-state index contributed by atoms with van der Waals surface area (Å²) in [6.07, 6.45) is 2.09. The van der Waals surface area contributed by atoms with E-state index < -0.39 is 11.5 Å². The first-order chi connectivity index (χ1) is 14.7. The average Bonchev–Trinajstić information content (AvgIpc) is 3.16. The van der Waals surface area contributed by atoms with Crippen LogP contribution >= 0.6 is 11.3 Å². The molecule has 168 valence electrons. The van der Waals surface area contributed by atoms with Gasteiger partial charge in [0.2, 0.25) is 5.91 Å². The van der Waals surface area contributed by atoms with Gasteiger partial charge in [-0.05, 0) is 44.4 Å². The van der Waals surface area contributed by atoms with Crippen LogP contribution in [0.25, 0.3) is 10.6 Å². The van der Waals surface area contributed by atoms with Gasteiger partial charge < -0.3 is 15.5 Å². The molecule has 5 atom stereocenters. The molecule has 2 aromatic rings. The Kier molecular flexibility index (Phi) is 6.01. The third-order valence-electron chi connectivity index (χ3n) is 7.75. The summed E-state index contributed by atoms with van der Waals surface area (Å²) < 4.78 is 0. The molecule has 0 saturated heterocycles. The maximum absolute atomic E-state index is 12.9. The van der Waals surface area contributed by atoms with Crippen LogP contribution in [0.2, 0.25) is 0 Å². The molecule has 0 aliphatic heterocycles. The van der Waals surface area contributed by atoms with Crippen molar-refractivity contribution in [2.75, 3.05) is 6.61 Å².